The molecule has 8 heteroatoms. The number of hydrogen-bond donors (Lipinski definition) is 2. The molecular formula is C24H27N3O5. The zero-order valence-corrected chi connectivity index (χ0v) is 18.1. The Labute approximate surface area is 187 Å². The molecule has 0 saturated heterocycles. The summed E-state index contributed by atoms with van der Waals surface area (Å²) in [5.74, 6) is -0.280. The van der Waals surface area contributed by atoms with Crippen molar-refractivity contribution < 1.29 is 24.3 Å². The van der Waals surface area contributed by atoms with E-state index in [0.717, 1.165) is 16.7 Å². The molecule has 2 N–H and O–H groups in total. The van der Waals surface area contributed by atoms with Crippen molar-refractivity contribution in [1.29, 1.82) is 0 Å². The third-order valence-electron chi connectivity index (χ3n) is 5.14. The second-order valence-electron chi connectivity index (χ2n) is 7.06. The highest BCUT2D eigenvalue weighted by Crippen LogP contribution is 2.35. The molecule has 1 aliphatic rings. The number of nitrogens with zero attached hydrogens (tertiary/aromatic N) is 2. The van der Waals surface area contributed by atoms with Crippen LogP contribution in [0, 0.1) is 0 Å². The predicted molar refractivity (Wildman–Crippen MR) is 120 cm³/mol. The molecule has 0 aromatic heterocycles. The predicted octanol–water partition coefficient (Wildman–Crippen LogP) is 4.44. The third-order valence-corrected chi connectivity index (χ3v) is 5.14. The Bertz CT molecular complexity index is 990. The van der Waals surface area contributed by atoms with Crippen molar-refractivity contribution in [3.63, 3.8) is 0 Å². The van der Waals surface area contributed by atoms with Crippen molar-refractivity contribution in [2.45, 2.75) is 32.2 Å². The SMILES string of the molecule is CCOC(=O)NN(C(=O)OCC)[C@H]1CC=C[C@@H]1c1ccccc1/C(=N/O)c1ccccc1. The van der Waals surface area contributed by atoms with Gasteiger partial charge in [-0.05, 0) is 25.8 Å². The van der Waals surface area contributed by atoms with Crippen molar-refractivity contribution in [3.05, 3.63) is 83.4 Å². The number of benzene rings is 2. The van der Waals surface area contributed by atoms with Crippen LogP contribution in [0.1, 0.15) is 42.9 Å². The minimum atomic E-state index is -0.735. The molecule has 2 aromatic rings. The molecule has 0 spiro atoms. The molecule has 32 heavy (non-hydrogen) atoms. The number of carbonyl (C=O) groups excluding carboxylic acids is 2. The van der Waals surface area contributed by atoms with Crippen LogP contribution < -0.4 is 5.43 Å². The highest BCUT2D eigenvalue weighted by molar-refractivity contribution is 6.13. The van der Waals surface area contributed by atoms with Gasteiger partial charge in [-0.2, -0.15) is 0 Å². The average Bonchev–Trinajstić information content (AvgIpc) is 3.29. The number of rotatable bonds is 6. The molecule has 2 atom stereocenters. The monoisotopic (exact) mass is 437 g/mol. The Morgan fingerprint density at radius 1 is 1.06 bits per heavy atom. The minimum absolute atomic E-state index is 0.163. The molecule has 2 aromatic carbocycles. The number of carbonyl (C=O) groups is 2. The third kappa shape index (κ3) is 5.08. The van der Waals surface area contributed by atoms with Gasteiger partial charge in [-0.25, -0.2) is 20.0 Å². The summed E-state index contributed by atoms with van der Waals surface area (Å²) in [6, 6.07) is 16.4. The van der Waals surface area contributed by atoms with Crippen LogP contribution in [0.5, 0.6) is 0 Å². The van der Waals surface area contributed by atoms with Gasteiger partial charge in [-0.1, -0.05) is 71.9 Å². The zero-order chi connectivity index (χ0) is 22.9. The number of nitrogens with one attached hydrogen (secondary N) is 1. The van der Waals surface area contributed by atoms with Crippen molar-refractivity contribution >= 4 is 17.9 Å². The first kappa shape index (κ1) is 22.9. The van der Waals surface area contributed by atoms with Crippen molar-refractivity contribution in [3.8, 4) is 0 Å². The summed E-state index contributed by atoms with van der Waals surface area (Å²) < 4.78 is 10.1. The van der Waals surface area contributed by atoms with Gasteiger partial charge in [0.05, 0.1) is 19.3 Å². The number of hydrogen-bond acceptors (Lipinski definition) is 6. The lowest BCUT2D eigenvalue weighted by atomic mass is 9.87. The first-order valence-electron chi connectivity index (χ1n) is 10.5. The summed E-state index contributed by atoms with van der Waals surface area (Å²) in [6.45, 7) is 3.72. The molecule has 2 amide bonds. The normalized spacial score (nSPS) is 17.6. The fourth-order valence-electron chi connectivity index (χ4n) is 3.80. The van der Waals surface area contributed by atoms with Gasteiger partial charge in [0.1, 0.15) is 5.71 Å². The summed E-state index contributed by atoms with van der Waals surface area (Å²) in [5.41, 5.74) is 5.27. The molecule has 0 heterocycles. The molecule has 0 fully saturated rings. The Morgan fingerprint density at radius 3 is 2.44 bits per heavy atom. The van der Waals surface area contributed by atoms with Crippen LogP contribution in [0.3, 0.4) is 0 Å². The Kier molecular flexibility index (Phi) is 7.85. The maximum atomic E-state index is 12.7. The maximum Gasteiger partial charge on any atom is 0.429 e. The Hall–Kier alpha value is -3.81. The topological polar surface area (TPSA) is 100 Å². The van der Waals surface area contributed by atoms with Gasteiger partial charge in [-0.3, -0.25) is 0 Å². The number of amides is 2. The first-order chi connectivity index (χ1) is 15.6. The summed E-state index contributed by atoms with van der Waals surface area (Å²) >= 11 is 0. The molecule has 8 nitrogen and oxygen atoms in total. The van der Waals surface area contributed by atoms with E-state index in [1.807, 2.05) is 66.7 Å². The molecule has 3 rings (SSSR count). The van der Waals surface area contributed by atoms with Crippen molar-refractivity contribution in [2.24, 2.45) is 5.16 Å². The number of ether oxygens (including phenoxy) is 2. The van der Waals surface area contributed by atoms with Crippen LogP contribution in [-0.2, 0) is 9.47 Å². The van der Waals surface area contributed by atoms with Crippen LogP contribution in [0.4, 0.5) is 9.59 Å². The van der Waals surface area contributed by atoms with Crippen LogP contribution in [-0.4, -0.2) is 47.4 Å². The lowest BCUT2D eigenvalue weighted by Gasteiger charge is -2.32. The van der Waals surface area contributed by atoms with Gasteiger partial charge in [0.15, 0.2) is 0 Å². The molecule has 0 unspecified atom stereocenters. The summed E-state index contributed by atoms with van der Waals surface area (Å²) in [6.07, 6.45) is 3.02. The van der Waals surface area contributed by atoms with E-state index in [-0.39, 0.29) is 19.1 Å². The van der Waals surface area contributed by atoms with E-state index in [0.29, 0.717) is 12.1 Å². The van der Waals surface area contributed by atoms with E-state index in [4.69, 9.17) is 9.47 Å². The fraction of sp³-hybridized carbons (Fsp3) is 0.292. The first-order valence-corrected chi connectivity index (χ1v) is 10.5. The second-order valence-corrected chi connectivity index (χ2v) is 7.06. The summed E-state index contributed by atoms with van der Waals surface area (Å²) in [5, 5.41) is 14.6. The van der Waals surface area contributed by atoms with Crippen LogP contribution >= 0.6 is 0 Å². The number of oxime groups is 1. The van der Waals surface area contributed by atoms with Gasteiger partial charge in [0.2, 0.25) is 0 Å². The van der Waals surface area contributed by atoms with Crippen LogP contribution in [0.2, 0.25) is 0 Å². The van der Waals surface area contributed by atoms with Gasteiger partial charge in [0.25, 0.3) is 0 Å². The quantitative estimate of drug-likeness (QED) is 0.301. The minimum Gasteiger partial charge on any atom is -0.449 e. The summed E-state index contributed by atoms with van der Waals surface area (Å²) in [4.78, 5) is 24.8. The molecule has 168 valence electrons. The van der Waals surface area contributed by atoms with Crippen molar-refractivity contribution in [1.82, 2.24) is 10.4 Å². The molecular weight excluding hydrogens is 410 g/mol. The fourth-order valence-corrected chi connectivity index (χ4v) is 3.80. The van der Waals surface area contributed by atoms with Crippen LogP contribution in [0.15, 0.2) is 71.9 Å². The maximum absolute atomic E-state index is 12.7. The van der Waals surface area contributed by atoms with E-state index in [2.05, 4.69) is 10.6 Å². The van der Waals surface area contributed by atoms with E-state index < -0.39 is 18.2 Å². The van der Waals surface area contributed by atoms with Gasteiger partial charge in [0, 0.05) is 17.0 Å². The largest absolute Gasteiger partial charge is 0.449 e. The Morgan fingerprint density at radius 2 is 1.75 bits per heavy atom. The van der Waals surface area contributed by atoms with E-state index in [1.165, 1.54) is 5.01 Å². The molecule has 0 saturated carbocycles. The second kappa shape index (κ2) is 11.0. The highest BCUT2D eigenvalue weighted by Gasteiger charge is 2.36. The van der Waals surface area contributed by atoms with Gasteiger partial charge < -0.3 is 14.7 Å². The summed E-state index contributed by atoms with van der Waals surface area (Å²) in [7, 11) is 0. The molecule has 0 aliphatic heterocycles. The lowest BCUT2D eigenvalue weighted by Crippen LogP contribution is -2.53. The number of hydrazine groups is 1. The van der Waals surface area contributed by atoms with Gasteiger partial charge >= 0.3 is 12.2 Å². The zero-order valence-electron chi connectivity index (χ0n) is 18.1. The molecule has 1 aliphatic carbocycles. The highest BCUT2D eigenvalue weighted by atomic mass is 16.6. The van der Waals surface area contributed by atoms with E-state index in [1.54, 1.807) is 13.8 Å². The standard InChI is InChI=1S/C24H27N3O5/c1-3-31-23(28)25-27(24(29)32-4-2)21-16-10-15-19(21)18-13-8-9-14-20(18)22(26-30)17-11-6-5-7-12-17/h5-15,19,21,30H,3-4,16H2,1-2H3,(H,25,28)/b26-22+/t19-,21+/m1/s1. The smallest absolute Gasteiger partial charge is 0.429 e. The van der Waals surface area contributed by atoms with E-state index in [9.17, 15) is 14.8 Å². The van der Waals surface area contributed by atoms with Crippen molar-refractivity contribution in [2.75, 3.05) is 13.2 Å². The molecule has 0 bridgehead atoms. The lowest BCUT2D eigenvalue weighted by molar-refractivity contribution is 0.0541. The molecule has 0 radical (unpaired) electrons. The average molecular weight is 437 g/mol. The van der Waals surface area contributed by atoms with E-state index >= 15 is 0 Å². The van der Waals surface area contributed by atoms with Gasteiger partial charge in [-0.15, -0.1) is 0 Å². The Balaban J connectivity index is 1.99. The van der Waals surface area contributed by atoms with Crippen LogP contribution in [0.25, 0.3) is 0 Å².